The van der Waals surface area contributed by atoms with Crippen LogP contribution in [-0.4, -0.2) is 28.3 Å². The molecule has 0 spiro atoms. The highest BCUT2D eigenvalue weighted by atomic mass is 28.4. The van der Waals surface area contributed by atoms with Gasteiger partial charge in [0.05, 0.1) is 0 Å². The second kappa shape index (κ2) is 5.32. The van der Waals surface area contributed by atoms with Crippen LogP contribution < -0.4 is 5.23 Å². The molecule has 0 fully saturated rings. The number of nitrogens with one attached hydrogen (secondary N) is 1. The minimum Gasteiger partial charge on any atom is -0.412 e. The number of hydrogen-bond acceptors (Lipinski definition) is 2. The fraction of sp³-hybridized carbons (Fsp3) is 0.818. The van der Waals surface area contributed by atoms with Gasteiger partial charge in [-0.25, -0.2) is 0 Å². The molecule has 1 rings (SSSR count). The Morgan fingerprint density at radius 1 is 1.40 bits per heavy atom. The molecule has 0 unspecified atom stereocenters. The maximum atomic E-state index is 6.03. The van der Waals surface area contributed by atoms with Crippen LogP contribution >= 0.6 is 0 Å². The number of hydrogen-bond donors (Lipinski definition) is 1. The normalized spacial score (nSPS) is 27.4. The van der Waals surface area contributed by atoms with Gasteiger partial charge in [-0.2, -0.15) is 0 Å². The average molecular weight is 225 g/mol. The summed E-state index contributed by atoms with van der Waals surface area (Å²) in [7, 11) is -1.58. The summed E-state index contributed by atoms with van der Waals surface area (Å²) in [5.74, 6) is 0. The van der Waals surface area contributed by atoms with Crippen LogP contribution in [0.15, 0.2) is 10.7 Å². The third kappa shape index (κ3) is 2.95. The molecule has 0 aromatic heterocycles. The summed E-state index contributed by atoms with van der Waals surface area (Å²) in [5, 5.41) is 5.13. The molecule has 0 saturated carbocycles. The Bertz CT molecular complexity index is 253. The van der Waals surface area contributed by atoms with E-state index in [2.05, 4.69) is 39.1 Å². The van der Waals surface area contributed by atoms with E-state index in [1.807, 2.05) is 0 Å². The maximum Gasteiger partial charge on any atom is 0.250 e. The van der Waals surface area contributed by atoms with Gasteiger partial charge in [0.1, 0.15) is 0 Å². The van der Waals surface area contributed by atoms with Crippen LogP contribution in [-0.2, 0) is 4.43 Å². The van der Waals surface area contributed by atoms with E-state index in [1.54, 1.807) is 10.7 Å². The molecule has 4 heteroatoms. The van der Waals surface area contributed by atoms with Crippen molar-refractivity contribution in [3.63, 3.8) is 0 Å². The summed E-state index contributed by atoms with van der Waals surface area (Å²) in [4.78, 5) is 0. The summed E-state index contributed by atoms with van der Waals surface area (Å²) in [6.45, 7) is 13.9. The van der Waals surface area contributed by atoms with E-state index in [9.17, 15) is 0 Å². The van der Waals surface area contributed by atoms with Crippen molar-refractivity contribution in [2.45, 2.75) is 46.6 Å². The first-order chi connectivity index (χ1) is 7.03. The summed E-state index contributed by atoms with van der Waals surface area (Å²) in [6.07, 6.45) is 2.34. The zero-order chi connectivity index (χ0) is 11.5. The van der Waals surface area contributed by atoms with Gasteiger partial charge in [-0.1, -0.05) is 30.8 Å². The second-order valence-electron chi connectivity index (χ2n) is 4.78. The quantitative estimate of drug-likeness (QED) is 0.729. The van der Waals surface area contributed by atoms with Crippen molar-refractivity contribution in [3.8, 4) is 0 Å². The van der Waals surface area contributed by atoms with Crippen LogP contribution in [0.4, 0.5) is 0 Å². The molecule has 2 nitrogen and oxygen atoms in total. The highest BCUT2D eigenvalue weighted by Gasteiger charge is 2.31. The molecule has 1 aliphatic rings. The Labute approximate surface area is 95.7 Å². The van der Waals surface area contributed by atoms with Gasteiger partial charge < -0.3 is 9.65 Å². The fourth-order valence-electron chi connectivity index (χ4n) is 2.32. The molecule has 0 saturated heterocycles. The third-order valence-corrected chi connectivity index (χ3v) is 6.60. The molecule has 86 valence electrons. The van der Waals surface area contributed by atoms with Crippen LogP contribution in [0.3, 0.4) is 0 Å². The predicted molar refractivity (Wildman–Crippen MR) is 70.7 cm³/mol. The van der Waals surface area contributed by atoms with Crippen molar-refractivity contribution in [1.29, 1.82) is 0 Å². The monoisotopic (exact) mass is 225 g/mol. The molecule has 0 bridgehead atoms. The molecule has 0 aromatic rings. The molecule has 0 atom stereocenters. The number of rotatable bonds is 2. The van der Waals surface area contributed by atoms with Gasteiger partial charge in [0.15, 0.2) is 0 Å². The van der Waals surface area contributed by atoms with Gasteiger partial charge in [0, 0.05) is 13.2 Å². The second-order valence-corrected chi connectivity index (χ2v) is 8.84. The van der Waals surface area contributed by atoms with Crippen molar-refractivity contribution >= 4 is 15.2 Å². The molecule has 1 aliphatic heterocycles. The average Bonchev–Trinajstić information content (AvgIpc) is 2.20. The topological polar surface area (TPSA) is 21.3 Å². The summed E-state index contributed by atoms with van der Waals surface area (Å²) < 4.78 is 6.03. The summed E-state index contributed by atoms with van der Waals surface area (Å²) in [5.41, 5.74) is 1.59. The minimum atomic E-state index is -1.58. The highest BCUT2D eigenvalue weighted by Crippen LogP contribution is 2.24. The first-order valence-corrected chi connectivity index (χ1v) is 9.01. The van der Waals surface area contributed by atoms with E-state index in [4.69, 9.17) is 4.43 Å². The molecular weight excluding hydrogens is 201 g/mol. The van der Waals surface area contributed by atoms with Crippen molar-refractivity contribution in [3.05, 3.63) is 10.7 Å². The Hall–Kier alpha value is -0.0582. The SMILES string of the molecule is CCB1NCCO[Si](C)(C)/C(C)=C\1CC. The Morgan fingerprint density at radius 3 is 2.60 bits per heavy atom. The minimum absolute atomic E-state index is 0.575. The van der Waals surface area contributed by atoms with Gasteiger partial charge in [0.2, 0.25) is 15.2 Å². The van der Waals surface area contributed by atoms with Crippen molar-refractivity contribution in [1.82, 2.24) is 5.23 Å². The van der Waals surface area contributed by atoms with Gasteiger partial charge in [-0.3, -0.25) is 0 Å². The Kier molecular flexibility index (Phi) is 4.62. The molecule has 0 aliphatic carbocycles. The van der Waals surface area contributed by atoms with Gasteiger partial charge >= 0.3 is 0 Å². The fourth-order valence-corrected chi connectivity index (χ4v) is 4.27. The van der Waals surface area contributed by atoms with E-state index >= 15 is 0 Å². The smallest absolute Gasteiger partial charge is 0.250 e. The summed E-state index contributed by atoms with van der Waals surface area (Å²) >= 11 is 0. The molecule has 1 heterocycles. The van der Waals surface area contributed by atoms with Crippen molar-refractivity contribution < 1.29 is 4.43 Å². The number of allylic oxidation sites excluding steroid dienone is 2. The Balaban J connectivity index is 3.05. The Morgan fingerprint density at radius 2 is 2.07 bits per heavy atom. The molecular formula is C11H24BNOSi. The zero-order valence-corrected chi connectivity index (χ0v) is 11.8. The zero-order valence-electron chi connectivity index (χ0n) is 10.8. The third-order valence-electron chi connectivity index (χ3n) is 3.55. The van der Waals surface area contributed by atoms with Crippen LogP contribution in [0.1, 0.15) is 27.2 Å². The van der Waals surface area contributed by atoms with Crippen molar-refractivity contribution in [2.24, 2.45) is 0 Å². The predicted octanol–water partition coefficient (Wildman–Crippen LogP) is 2.63. The highest BCUT2D eigenvalue weighted by molar-refractivity contribution is 6.81. The van der Waals surface area contributed by atoms with E-state index < -0.39 is 8.32 Å². The first-order valence-electron chi connectivity index (χ1n) is 6.10. The first kappa shape index (κ1) is 13.0. The van der Waals surface area contributed by atoms with E-state index in [0.717, 1.165) is 19.6 Å². The summed E-state index contributed by atoms with van der Waals surface area (Å²) in [6, 6.07) is 0. The van der Waals surface area contributed by atoms with Crippen LogP contribution in [0.5, 0.6) is 0 Å². The molecule has 0 aromatic carbocycles. The lowest BCUT2D eigenvalue weighted by atomic mass is 9.52. The van der Waals surface area contributed by atoms with Crippen molar-refractivity contribution in [2.75, 3.05) is 13.2 Å². The van der Waals surface area contributed by atoms with Gasteiger partial charge in [-0.05, 0) is 26.4 Å². The van der Waals surface area contributed by atoms with Crippen LogP contribution in [0.25, 0.3) is 0 Å². The maximum absolute atomic E-state index is 6.03. The largest absolute Gasteiger partial charge is 0.412 e. The lowest BCUT2D eigenvalue weighted by Gasteiger charge is -2.32. The lowest BCUT2D eigenvalue weighted by Crippen LogP contribution is -2.46. The molecule has 15 heavy (non-hydrogen) atoms. The van der Waals surface area contributed by atoms with Crippen LogP contribution in [0, 0.1) is 0 Å². The van der Waals surface area contributed by atoms with Gasteiger partial charge in [0.25, 0.3) is 0 Å². The van der Waals surface area contributed by atoms with E-state index in [0.29, 0.717) is 6.85 Å². The lowest BCUT2D eigenvalue weighted by molar-refractivity contribution is 0.316. The molecule has 0 radical (unpaired) electrons. The van der Waals surface area contributed by atoms with E-state index in [-0.39, 0.29) is 0 Å². The van der Waals surface area contributed by atoms with Gasteiger partial charge in [-0.15, -0.1) is 0 Å². The molecule has 1 N–H and O–H groups in total. The molecule has 0 amide bonds. The standard InChI is InChI=1S/C11H24BNOSi/c1-6-11-10(3)15(4,5)14-9-8-13-12(11)7-2/h13H,6-9H2,1-5H3/b11-10-. The van der Waals surface area contributed by atoms with Crippen LogP contribution in [0.2, 0.25) is 19.4 Å². The van der Waals surface area contributed by atoms with E-state index in [1.165, 1.54) is 6.32 Å².